The third kappa shape index (κ3) is 4.43. The molecule has 0 unspecified atom stereocenters. The fraction of sp³-hybridized carbons (Fsp3) is 0.240. The molecule has 0 radical (unpaired) electrons. The predicted octanol–water partition coefficient (Wildman–Crippen LogP) is 3.99. The summed E-state index contributed by atoms with van der Waals surface area (Å²) >= 11 is 7.27. The van der Waals surface area contributed by atoms with E-state index < -0.39 is 23.4 Å². The standard InChI is InChI=1S/C25H22ClFN2O4S/c1-13(2)33-24(31)21-14(3)28-25-29(22(21)15-8-10-16(32-4)11-9-15)23(30)20(34-25)12-17-18(26)6-5-7-19(17)27/h5-13,22H,1-4H3/b20-12+/t22-/m1/s1. The van der Waals surface area contributed by atoms with Crippen molar-refractivity contribution in [3.8, 4) is 5.75 Å². The monoisotopic (exact) mass is 500 g/mol. The van der Waals surface area contributed by atoms with E-state index in [9.17, 15) is 14.0 Å². The van der Waals surface area contributed by atoms with Gasteiger partial charge in [-0.15, -0.1) is 0 Å². The van der Waals surface area contributed by atoms with Gasteiger partial charge in [0.15, 0.2) is 4.80 Å². The average Bonchev–Trinajstić information content (AvgIpc) is 3.09. The number of thiazole rings is 1. The molecule has 1 atom stereocenters. The molecule has 0 N–H and O–H groups in total. The topological polar surface area (TPSA) is 69.9 Å². The zero-order valence-corrected chi connectivity index (χ0v) is 20.5. The van der Waals surface area contributed by atoms with Crippen LogP contribution in [0.2, 0.25) is 5.02 Å². The third-order valence-corrected chi connectivity index (χ3v) is 6.60. The summed E-state index contributed by atoms with van der Waals surface area (Å²) in [6, 6.07) is 10.6. The highest BCUT2D eigenvalue weighted by Crippen LogP contribution is 2.32. The number of nitrogens with zero attached hydrogens (tertiary/aromatic N) is 2. The molecule has 0 fully saturated rings. The van der Waals surface area contributed by atoms with E-state index in [1.807, 2.05) is 0 Å². The van der Waals surface area contributed by atoms with E-state index in [1.165, 1.54) is 22.8 Å². The van der Waals surface area contributed by atoms with E-state index in [4.69, 9.17) is 21.1 Å². The van der Waals surface area contributed by atoms with Crippen LogP contribution in [0.3, 0.4) is 0 Å². The van der Waals surface area contributed by atoms with Crippen molar-refractivity contribution in [3.05, 3.63) is 95.4 Å². The average molecular weight is 501 g/mol. The summed E-state index contributed by atoms with van der Waals surface area (Å²) < 4.78 is 26.8. The maximum absolute atomic E-state index is 14.4. The second-order valence-electron chi connectivity index (χ2n) is 7.94. The van der Waals surface area contributed by atoms with Crippen LogP contribution >= 0.6 is 22.9 Å². The summed E-state index contributed by atoms with van der Waals surface area (Å²) in [7, 11) is 1.56. The molecule has 2 heterocycles. The summed E-state index contributed by atoms with van der Waals surface area (Å²) in [5, 5.41) is 0.190. The molecule has 2 aromatic carbocycles. The lowest BCUT2D eigenvalue weighted by Crippen LogP contribution is -2.40. The van der Waals surface area contributed by atoms with Gasteiger partial charge in [0.2, 0.25) is 0 Å². The van der Waals surface area contributed by atoms with E-state index in [0.29, 0.717) is 21.8 Å². The number of esters is 1. The Kier molecular flexibility index (Phi) is 6.72. The lowest BCUT2D eigenvalue weighted by Gasteiger charge is -2.25. The van der Waals surface area contributed by atoms with Crippen molar-refractivity contribution in [2.45, 2.75) is 32.9 Å². The van der Waals surface area contributed by atoms with Crippen molar-refractivity contribution in [2.75, 3.05) is 7.11 Å². The van der Waals surface area contributed by atoms with Crippen LogP contribution in [0.1, 0.15) is 37.9 Å². The Bertz CT molecular complexity index is 1450. The molecular weight excluding hydrogens is 479 g/mol. The number of carbonyl (C=O) groups excluding carboxylic acids is 1. The minimum Gasteiger partial charge on any atom is -0.497 e. The molecular formula is C25H22ClFN2O4S. The van der Waals surface area contributed by atoms with Gasteiger partial charge in [0.1, 0.15) is 11.6 Å². The molecule has 0 bridgehead atoms. The number of carbonyl (C=O) groups is 1. The predicted molar refractivity (Wildman–Crippen MR) is 129 cm³/mol. The van der Waals surface area contributed by atoms with Crippen LogP contribution < -0.4 is 19.6 Å². The van der Waals surface area contributed by atoms with E-state index in [2.05, 4.69) is 4.99 Å². The van der Waals surface area contributed by atoms with Crippen LogP contribution in [0.5, 0.6) is 5.75 Å². The van der Waals surface area contributed by atoms with Gasteiger partial charge in [-0.05, 0) is 56.7 Å². The first-order valence-electron chi connectivity index (χ1n) is 10.5. The van der Waals surface area contributed by atoms with Gasteiger partial charge in [0.25, 0.3) is 5.56 Å². The number of halogens is 2. The quantitative estimate of drug-likeness (QED) is 0.497. The van der Waals surface area contributed by atoms with Crippen molar-refractivity contribution in [1.82, 2.24) is 4.57 Å². The van der Waals surface area contributed by atoms with E-state index in [1.54, 1.807) is 58.2 Å². The van der Waals surface area contributed by atoms with Crippen molar-refractivity contribution in [3.63, 3.8) is 0 Å². The Hall–Kier alpha value is -3.23. The molecule has 0 amide bonds. The summed E-state index contributed by atoms with van der Waals surface area (Å²) in [5.74, 6) is -0.455. The molecule has 9 heteroatoms. The number of aromatic nitrogens is 1. The van der Waals surface area contributed by atoms with E-state index in [-0.39, 0.29) is 26.8 Å². The van der Waals surface area contributed by atoms with Gasteiger partial charge in [-0.1, -0.05) is 41.1 Å². The summed E-state index contributed by atoms with van der Waals surface area (Å²) in [5.41, 5.74) is 1.10. The van der Waals surface area contributed by atoms with Crippen LogP contribution in [0.4, 0.5) is 4.39 Å². The Morgan fingerprint density at radius 2 is 1.94 bits per heavy atom. The van der Waals surface area contributed by atoms with Crippen molar-refractivity contribution < 1.29 is 18.7 Å². The molecule has 4 rings (SSSR count). The minimum absolute atomic E-state index is 0.116. The number of hydrogen-bond acceptors (Lipinski definition) is 6. The number of rotatable bonds is 5. The zero-order valence-electron chi connectivity index (χ0n) is 19.0. The highest BCUT2D eigenvalue weighted by atomic mass is 35.5. The van der Waals surface area contributed by atoms with Gasteiger partial charge < -0.3 is 9.47 Å². The van der Waals surface area contributed by atoms with Gasteiger partial charge in [-0.3, -0.25) is 9.36 Å². The van der Waals surface area contributed by atoms with Crippen LogP contribution in [0.15, 0.2) is 63.5 Å². The summed E-state index contributed by atoms with van der Waals surface area (Å²) in [6.45, 7) is 5.21. The lowest BCUT2D eigenvalue weighted by molar-refractivity contribution is -0.143. The van der Waals surface area contributed by atoms with Crippen LogP contribution in [0, 0.1) is 5.82 Å². The molecule has 3 aromatic rings. The molecule has 176 valence electrons. The van der Waals surface area contributed by atoms with Crippen LogP contribution in [-0.2, 0) is 9.53 Å². The maximum Gasteiger partial charge on any atom is 0.338 e. The van der Waals surface area contributed by atoms with Crippen LogP contribution in [0.25, 0.3) is 6.08 Å². The first-order chi connectivity index (χ1) is 16.2. The molecule has 0 saturated carbocycles. The molecule has 6 nitrogen and oxygen atoms in total. The Morgan fingerprint density at radius 3 is 2.56 bits per heavy atom. The second-order valence-corrected chi connectivity index (χ2v) is 9.36. The normalized spacial score (nSPS) is 15.9. The second kappa shape index (κ2) is 9.56. The Labute approximate surface area is 204 Å². The number of methoxy groups -OCH3 is 1. The zero-order chi connectivity index (χ0) is 24.6. The van der Waals surface area contributed by atoms with Crippen LogP contribution in [-0.4, -0.2) is 23.8 Å². The van der Waals surface area contributed by atoms with Gasteiger partial charge in [-0.2, -0.15) is 0 Å². The molecule has 34 heavy (non-hydrogen) atoms. The molecule has 1 aliphatic heterocycles. The number of allylic oxidation sites excluding steroid dienone is 1. The summed E-state index contributed by atoms with van der Waals surface area (Å²) in [6.07, 6.45) is 1.06. The molecule has 1 aromatic heterocycles. The number of fused-ring (bicyclic) bond motifs is 1. The van der Waals surface area contributed by atoms with Crippen molar-refractivity contribution in [2.24, 2.45) is 4.99 Å². The minimum atomic E-state index is -0.772. The molecule has 0 saturated heterocycles. The number of benzene rings is 2. The maximum atomic E-state index is 14.4. The SMILES string of the molecule is COc1ccc([C@@H]2C(C(=O)OC(C)C)=C(C)N=c3s/c(=C/c4c(F)cccc4Cl)c(=O)n32)cc1. The number of ether oxygens (including phenoxy) is 2. The molecule has 0 aliphatic carbocycles. The smallest absolute Gasteiger partial charge is 0.338 e. The van der Waals surface area contributed by atoms with Gasteiger partial charge >= 0.3 is 5.97 Å². The fourth-order valence-electron chi connectivity index (χ4n) is 3.74. The Balaban J connectivity index is 1.97. The van der Waals surface area contributed by atoms with Gasteiger partial charge in [0.05, 0.1) is 40.1 Å². The third-order valence-electron chi connectivity index (χ3n) is 5.29. The van der Waals surface area contributed by atoms with E-state index >= 15 is 0 Å². The lowest BCUT2D eigenvalue weighted by atomic mass is 9.96. The largest absolute Gasteiger partial charge is 0.497 e. The van der Waals surface area contributed by atoms with Crippen molar-refractivity contribution in [1.29, 1.82) is 0 Å². The van der Waals surface area contributed by atoms with Crippen molar-refractivity contribution >= 4 is 35.0 Å². The Morgan fingerprint density at radius 1 is 1.24 bits per heavy atom. The van der Waals surface area contributed by atoms with E-state index in [0.717, 1.165) is 11.3 Å². The first-order valence-corrected chi connectivity index (χ1v) is 11.7. The van der Waals surface area contributed by atoms with Gasteiger partial charge in [0, 0.05) is 5.56 Å². The molecule has 0 spiro atoms. The molecule has 1 aliphatic rings. The van der Waals surface area contributed by atoms with Gasteiger partial charge in [-0.25, -0.2) is 14.2 Å². The number of hydrogen-bond donors (Lipinski definition) is 0. The fourth-order valence-corrected chi connectivity index (χ4v) is 4.99. The highest BCUT2D eigenvalue weighted by Gasteiger charge is 2.33. The highest BCUT2D eigenvalue weighted by molar-refractivity contribution is 7.07. The summed E-state index contributed by atoms with van der Waals surface area (Å²) in [4.78, 5) is 31.6. The first kappa shape index (κ1) is 23.9.